The van der Waals surface area contributed by atoms with Gasteiger partial charge in [0.15, 0.2) is 5.78 Å². The largest absolute Gasteiger partial charge is 0.495 e. The van der Waals surface area contributed by atoms with Crippen molar-refractivity contribution in [1.82, 2.24) is 0 Å². The average molecular weight is 227 g/mol. The summed E-state index contributed by atoms with van der Waals surface area (Å²) in [6.07, 6.45) is 0. The van der Waals surface area contributed by atoms with Crippen molar-refractivity contribution in [2.24, 2.45) is 0 Å². The Balaban J connectivity index is 3.66. The quantitative estimate of drug-likeness (QED) is 0.722. The molecule has 1 aromatic rings. The second-order valence-corrected chi connectivity index (χ2v) is 4.03. The Morgan fingerprint density at radius 1 is 1.13 bits per heavy atom. The molecule has 15 heavy (non-hydrogen) atoms. The zero-order chi connectivity index (χ0) is 11.7. The van der Waals surface area contributed by atoms with Gasteiger partial charge in [-0.05, 0) is 44.4 Å². The van der Waals surface area contributed by atoms with E-state index in [1.54, 1.807) is 14.0 Å². The van der Waals surface area contributed by atoms with Crippen LogP contribution in [0.4, 0.5) is 0 Å². The lowest BCUT2D eigenvalue weighted by Crippen LogP contribution is -2.05. The van der Waals surface area contributed by atoms with E-state index in [4.69, 9.17) is 16.3 Å². The SMILES string of the molecule is COc1c(C)c(C)c(C(C)=O)c(C)c1Cl. The molecule has 0 spiro atoms. The van der Waals surface area contributed by atoms with Gasteiger partial charge in [0.2, 0.25) is 0 Å². The van der Waals surface area contributed by atoms with Gasteiger partial charge in [-0.3, -0.25) is 4.79 Å². The van der Waals surface area contributed by atoms with Crippen LogP contribution in [-0.4, -0.2) is 12.9 Å². The minimum atomic E-state index is 0.0395. The molecule has 0 bridgehead atoms. The Labute approximate surface area is 95.2 Å². The summed E-state index contributed by atoms with van der Waals surface area (Å²) in [4.78, 5) is 11.5. The highest BCUT2D eigenvalue weighted by Gasteiger charge is 2.18. The van der Waals surface area contributed by atoms with E-state index in [1.807, 2.05) is 20.8 Å². The van der Waals surface area contributed by atoms with Gasteiger partial charge in [-0.25, -0.2) is 0 Å². The Morgan fingerprint density at radius 2 is 1.67 bits per heavy atom. The van der Waals surface area contributed by atoms with E-state index in [-0.39, 0.29) is 5.78 Å². The van der Waals surface area contributed by atoms with Crippen LogP contribution in [0.15, 0.2) is 0 Å². The highest BCUT2D eigenvalue weighted by molar-refractivity contribution is 6.33. The van der Waals surface area contributed by atoms with Crippen molar-refractivity contribution in [1.29, 1.82) is 0 Å². The number of carbonyl (C=O) groups excluding carboxylic acids is 1. The van der Waals surface area contributed by atoms with E-state index in [2.05, 4.69) is 0 Å². The first-order valence-corrected chi connectivity index (χ1v) is 5.13. The highest BCUT2D eigenvalue weighted by atomic mass is 35.5. The van der Waals surface area contributed by atoms with Crippen LogP contribution >= 0.6 is 11.6 Å². The third-order valence-corrected chi connectivity index (χ3v) is 3.19. The van der Waals surface area contributed by atoms with Crippen molar-refractivity contribution in [2.75, 3.05) is 7.11 Å². The molecule has 0 atom stereocenters. The Bertz CT molecular complexity index is 393. The Morgan fingerprint density at radius 3 is 2.07 bits per heavy atom. The molecule has 0 unspecified atom stereocenters. The summed E-state index contributed by atoms with van der Waals surface area (Å²) < 4.78 is 5.23. The zero-order valence-corrected chi connectivity index (χ0v) is 10.5. The van der Waals surface area contributed by atoms with Gasteiger partial charge in [-0.1, -0.05) is 11.6 Å². The summed E-state index contributed by atoms with van der Waals surface area (Å²) in [6.45, 7) is 7.22. The first-order chi connectivity index (χ1) is 6.91. The van der Waals surface area contributed by atoms with Crippen LogP contribution in [0.2, 0.25) is 5.02 Å². The standard InChI is InChI=1S/C12H15ClO2/c1-6-7(2)12(15-5)11(13)8(3)10(6)9(4)14/h1-5H3. The van der Waals surface area contributed by atoms with Crippen molar-refractivity contribution in [3.05, 3.63) is 27.3 Å². The van der Waals surface area contributed by atoms with E-state index >= 15 is 0 Å². The lowest BCUT2D eigenvalue weighted by atomic mass is 9.95. The van der Waals surface area contributed by atoms with Gasteiger partial charge in [0, 0.05) is 5.56 Å². The number of hydrogen-bond acceptors (Lipinski definition) is 2. The number of benzene rings is 1. The number of methoxy groups -OCH3 is 1. The molecule has 0 aliphatic carbocycles. The number of carbonyl (C=O) groups is 1. The van der Waals surface area contributed by atoms with Crippen molar-refractivity contribution >= 4 is 17.4 Å². The lowest BCUT2D eigenvalue weighted by molar-refractivity contribution is 0.101. The number of ketones is 1. The minimum absolute atomic E-state index is 0.0395. The third-order valence-electron chi connectivity index (χ3n) is 2.74. The predicted octanol–water partition coefficient (Wildman–Crippen LogP) is 3.48. The molecule has 0 N–H and O–H groups in total. The monoisotopic (exact) mass is 226 g/mol. The lowest BCUT2D eigenvalue weighted by Gasteiger charge is -2.16. The van der Waals surface area contributed by atoms with Crippen LogP contribution in [0.3, 0.4) is 0 Å². The second kappa shape index (κ2) is 4.23. The summed E-state index contributed by atoms with van der Waals surface area (Å²) >= 11 is 6.14. The maximum absolute atomic E-state index is 11.5. The normalized spacial score (nSPS) is 10.3. The maximum atomic E-state index is 11.5. The van der Waals surface area contributed by atoms with E-state index < -0.39 is 0 Å². The smallest absolute Gasteiger partial charge is 0.160 e. The van der Waals surface area contributed by atoms with E-state index in [9.17, 15) is 4.79 Å². The summed E-state index contributed by atoms with van der Waals surface area (Å²) in [7, 11) is 1.58. The molecule has 0 radical (unpaired) electrons. The Hall–Kier alpha value is -1.02. The third kappa shape index (κ3) is 1.86. The summed E-state index contributed by atoms with van der Waals surface area (Å²) in [5.74, 6) is 0.703. The van der Waals surface area contributed by atoms with Crippen LogP contribution in [0.5, 0.6) is 5.75 Å². The number of Topliss-reactive ketones (excluding diaryl/α,β-unsaturated/α-hetero) is 1. The summed E-state index contributed by atoms with van der Waals surface area (Å²) in [6, 6.07) is 0. The molecule has 0 saturated heterocycles. The molecular weight excluding hydrogens is 212 g/mol. The van der Waals surface area contributed by atoms with E-state index in [0.717, 1.165) is 16.7 Å². The van der Waals surface area contributed by atoms with Crippen LogP contribution < -0.4 is 4.74 Å². The van der Waals surface area contributed by atoms with Crippen LogP contribution in [-0.2, 0) is 0 Å². The Kier molecular flexibility index (Phi) is 3.40. The van der Waals surface area contributed by atoms with Gasteiger partial charge in [-0.2, -0.15) is 0 Å². The molecule has 0 saturated carbocycles. The number of rotatable bonds is 2. The molecule has 0 fully saturated rings. The van der Waals surface area contributed by atoms with Gasteiger partial charge >= 0.3 is 0 Å². The molecule has 1 aromatic carbocycles. The average Bonchev–Trinajstić information content (AvgIpc) is 2.16. The van der Waals surface area contributed by atoms with E-state index in [0.29, 0.717) is 16.3 Å². The summed E-state index contributed by atoms with van der Waals surface area (Å²) in [5, 5.41) is 0.533. The minimum Gasteiger partial charge on any atom is -0.495 e. The molecule has 0 aliphatic heterocycles. The fraction of sp³-hybridized carbons (Fsp3) is 0.417. The highest BCUT2D eigenvalue weighted by Crippen LogP contribution is 2.36. The molecule has 1 rings (SSSR count). The molecule has 0 aliphatic rings. The van der Waals surface area contributed by atoms with Crippen molar-refractivity contribution in [3.63, 3.8) is 0 Å². The van der Waals surface area contributed by atoms with Crippen LogP contribution in [0.1, 0.15) is 34.0 Å². The van der Waals surface area contributed by atoms with Crippen molar-refractivity contribution < 1.29 is 9.53 Å². The molecule has 3 heteroatoms. The molecular formula is C12H15ClO2. The van der Waals surface area contributed by atoms with E-state index in [1.165, 1.54) is 0 Å². The van der Waals surface area contributed by atoms with Crippen molar-refractivity contribution in [3.8, 4) is 5.75 Å². The molecule has 0 heterocycles. The molecule has 0 aromatic heterocycles. The van der Waals surface area contributed by atoms with Gasteiger partial charge in [-0.15, -0.1) is 0 Å². The first-order valence-electron chi connectivity index (χ1n) is 4.76. The van der Waals surface area contributed by atoms with Gasteiger partial charge in [0.1, 0.15) is 5.75 Å². The van der Waals surface area contributed by atoms with Crippen LogP contribution in [0.25, 0.3) is 0 Å². The van der Waals surface area contributed by atoms with Crippen molar-refractivity contribution in [2.45, 2.75) is 27.7 Å². The molecule has 0 amide bonds. The summed E-state index contributed by atoms with van der Waals surface area (Å²) in [5.41, 5.74) is 3.38. The maximum Gasteiger partial charge on any atom is 0.160 e. The second-order valence-electron chi connectivity index (χ2n) is 3.65. The van der Waals surface area contributed by atoms with Gasteiger partial charge in [0.05, 0.1) is 12.1 Å². The first kappa shape index (κ1) is 12.1. The zero-order valence-electron chi connectivity index (χ0n) is 9.69. The fourth-order valence-electron chi connectivity index (χ4n) is 1.85. The van der Waals surface area contributed by atoms with Gasteiger partial charge < -0.3 is 4.74 Å². The van der Waals surface area contributed by atoms with Crippen LogP contribution in [0, 0.1) is 20.8 Å². The number of hydrogen-bond donors (Lipinski definition) is 0. The number of halogens is 1. The fourth-order valence-corrected chi connectivity index (χ4v) is 2.17. The van der Waals surface area contributed by atoms with Gasteiger partial charge in [0.25, 0.3) is 0 Å². The number of ether oxygens (including phenoxy) is 1. The molecule has 2 nitrogen and oxygen atoms in total. The topological polar surface area (TPSA) is 26.3 Å². The molecule has 82 valence electrons. The predicted molar refractivity (Wildman–Crippen MR) is 62.2 cm³/mol.